The van der Waals surface area contributed by atoms with E-state index in [4.69, 9.17) is 16.3 Å². The zero-order valence-corrected chi connectivity index (χ0v) is 13.4. The summed E-state index contributed by atoms with van der Waals surface area (Å²) in [5, 5.41) is 15.1. The normalized spacial score (nSPS) is 12.4. The fourth-order valence-corrected chi connectivity index (χ4v) is 2.54. The van der Waals surface area contributed by atoms with E-state index in [2.05, 4.69) is 10.3 Å². The van der Waals surface area contributed by atoms with Crippen molar-refractivity contribution in [3.63, 3.8) is 0 Å². The van der Waals surface area contributed by atoms with Crippen LogP contribution in [-0.2, 0) is 11.3 Å². The molecule has 0 fully saturated rings. The Balaban J connectivity index is 1.45. The fraction of sp³-hybridized carbons (Fsp3) is 0.222. The zero-order valence-electron chi connectivity index (χ0n) is 12.6. The molecule has 23 heavy (non-hydrogen) atoms. The van der Waals surface area contributed by atoms with E-state index in [9.17, 15) is 5.11 Å². The van der Waals surface area contributed by atoms with Crippen LogP contribution in [0.25, 0.3) is 10.9 Å². The Morgan fingerprint density at radius 2 is 1.96 bits per heavy atom. The molecule has 0 saturated heterocycles. The second-order valence-electron chi connectivity index (χ2n) is 5.42. The maximum atomic E-state index is 10.0. The van der Waals surface area contributed by atoms with Crippen LogP contribution < -0.4 is 5.32 Å². The average molecular weight is 331 g/mol. The average Bonchev–Trinajstić information content (AvgIpc) is 3.04. The summed E-state index contributed by atoms with van der Waals surface area (Å²) in [5.41, 5.74) is 3.05. The Morgan fingerprint density at radius 3 is 2.78 bits per heavy atom. The van der Waals surface area contributed by atoms with Crippen molar-refractivity contribution < 1.29 is 9.84 Å². The molecule has 120 valence electrons. The first-order chi connectivity index (χ1) is 11.2. The molecule has 0 radical (unpaired) electrons. The lowest BCUT2D eigenvalue weighted by Crippen LogP contribution is -2.24. The first-order valence-electron chi connectivity index (χ1n) is 7.52. The predicted octanol–water partition coefficient (Wildman–Crippen LogP) is 3.81. The topological polar surface area (TPSA) is 57.3 Å². The van der Waals surface area contributed by atoms with E-state index < -0.39 is 6.10 Å². The Hall–Kier alpha value is -2.01. The molecule has 3 aromatic rings. The summed E-state index contributed by atoms with van der Waals surface area (Å²) in [7, 11) is 0. The molecular weight excluding hydrogens is 312 g/mol. The van der Waals surface area contributed by atoms with Crippen LogP contribution in [0.5, 0.6) is 0 Å². The van der Waals surface area contributed by atoms with Gasteiger partial charge in [0, 0.05) is 23.2 Å². The van der Waals surface area contributed by atoms with Gasteiger partial charge in [0.1, 0.15) is 0 Å². The minimum absolute atomic E-state index is 0.274. The van der Waals surface area contributed by atoms with Crippen molar-refractivity contribution >= 4 is 28.2 Å². The molecule has 3 rings (SSSR count). The van der Waals surface area contributed by atoms with Gasteiger partial charge in [-0.25, -0.2) is 0 Å². The van der Waals surface area contributed by atoms with Gasteiger partial charge in [0.2, 0.25) is 0 Å². The van der Waals surface area contributed by atoms with Gasteiger partial charge >= 0.3 is 0 Å². The third-order valence-corrected chi connectivity index (χ3v) is 3.86. The monoisotopic (exact) mass is 330 g/mol. The number of hydrogen-bond acceptors (Lipinski definition) is 3. The molecule has 4 nitrogen and oxygen atoms in total. The van der Waals surface area contributed by atoms with Gasteiger partial charge in [-0.3, -0.25) is 0 Å². The maximum Gasteiger partial charge on any atom is 0.0945 e. The van der Waals surface area contributed by atoms with E-state index in [0.29, 0.717) is 18.2 Å². The van der Waals surface area contributed by atoms with Crippen LogP contribution in [0.3, 0.4) is 0 Å². The molecule has 0 aliphatic rings. The standard InChI is InChI=1S/C18H19ClN2O2/c19-15-6-4-13(5-7-15)11-23-12-16(22)10-21-17-3-1-2-14-8-9-20-18(14)17/h1-9,16,20-22H,10-12H2. The summed E-state index contributed by atoms with van der Waals surface area (Å²) in [6.45, 7) is 1.16. The number of aliphatic hydroxyl groups is 1. The van der Waals surface area contributed by atoms with Crippen LogP contribution in [0, 0.1) is 0 Å². The highest BCUT2D eigenvalue weighted by Gasteiger charge is 2.07. The van der Waals surface area contributed by atoms with E-state index in [1.165, 1.54) is 0 Å². The summed E-state index contributed by atoms with van der Waals surface area (Å²) in [5.74, 6) is 0. The molecule has 3 N–H and O–H groups in total. The zero-order chi connectivity index (χ0) is 16.1. The lowest BCUT2D eigenvalue weighted by Gasteiger charge is -2.14. The number of para-hydroxylation sites is 1. The van der Waals surface area contributed by atoms with Crippen LogP contribution in [0.15, 0.2) is 54.7 Å². The molecule has 1 unspecified atom stereocenters. The molecule has 1 aromatic heterocycles. The van der Waals surface area contributed by atoms with Gasteiger partial charge in [-0.05, 0) is 29.8 Å². The number of aliphatic hydroxyl groups excluding tert-OH is 1. The second-order valence-corrected chi connectivity index (χ2v) is 5.86. The highest BCUT2D eigenvalue weighted by Crippen LogP contribution is 2.21. The number of benzene rings is 2. The number of ether oxygens (including phenoxy) is 1. The summed E-state index contributed by atoms with van der Waals surface area (Å²) in [6.07, 6.45) is 1.33. The van der Waals surface area contributed by atoms with Crippen molar-refractivity contribution in [1.29, 1.82) is 0 Å². The van der Waals surface area contributed by atoms with Crippen LogP contribution >= 0.6 is 11.6 Å². The maximum absolute atomic E-state index is 10.0. The van der Waals surface area contributed by atoms with E-state index >= 15 is 0 Å². The van der Waals surface area contributed by atoms with Gasteiger partial charge in [-0.15, -0.1) is 0 Å². The minimum Gasteiger partial charge on any atom is -0.389 e. The number of nitrogens with one attached hydrogen (secondary N) is 2. The van der Waals surface area contributed by atoms with Crippen molar-refractivity contribution in [3.05, 3.63) is 65.3 Å². The van der Waals surface area contributed by atoms with Crippen LogP contribution in [0.1, 0.15) is 5.56 Å². The lowest BCUT2D eigenvalue weighted by molar-refractivity contribution is 0.0348. The third kappa shape index (κ3) is 4.26. The number of hydrogen-bond donors (Lipinski definition) is 3. The van der Waals surface area contributed by atoms with Crippen LogP contribution in [0.4, 0.5) is 5.69 Å². The molecule has 1 atom stereocenters. The molecular formula is C18H19ClN2O2. The summed E-state index contributed by atoms with van der Waals surface area (Å²) >= 11 is 5.84. The van der Waals surface area contributed by atoms with Gasteiger partial charge < -0.3 is 20.1 Å². The molecule has 0 saturated carbocycles. The first kappa shape index (κ1) is 15.9. The van der Waals surface area contributed by atoms with E-state index in [-0.39, 0.29) is 6.61 Å². The number of H-pyrrole nitrogens is 1. The molecule has 0 bridgehead atoms. The Morgan fingerprint density at radius 1 is 1.13 bits per heavy atom. The van der Waals surface area contributed by atoms with Gasteiger partial charge in [-0.2, -0.15) is 0 Å². The van der Waals surface area contributed by atoms with Crippen LogP contribution in [0.2, 0.25) is 5.02 Å². The van der Waals surface area contributed by atoms with Crippen molar-refractivity contribution in [3.8, 4) is 0 Å². The quantitative estimate of drug-likeness (QED) is 0.617. The van der Waals surface area contributed by atoms with E-state index in [0.717, 1.165) is 22.2 Å². The first-order valence-corrected chi connectivity index (χ1v) is 7.90. The van der Waals surface area contributed by atoms with Crippen molar-refractivity contribution in [2.24, 2.45) is 0 Å². The van der Waals surface area contributed by atoms with Gasteiger partial charge in [0.05, 0.1) is 30.5 Å². The number of halogens is 1. The van der Waals surface area contributed by atoms with Crippen LogP contribution in [-0.4, -0.2) is 29.3 Å². The molecule has 0 aliphatic carbocycles. The van der Waals surface area contributed by atoms with Crippen molar-refractivity contribution in [2.45, 2.75) is 12.7 Å². The van der Waals surface area contributed by atoms with Crippen molar-refractivity contribution in [1.82, 2.24) is 4.98 Å². The number of anilines is 1. The van der Waals surface area contributed by atoms with E-state index in [1.807, 2.05) is 54.7 Å². The SMILES string of the molecule is OC(CNc1cccc2cc[nH]c12)COCc1ccc(Cl)cc1. The molecule has 2 aromatic carbocycles. The lowest BCUT2D eigenvalue weighted by atomic mass is 10.2. The highest BCUT2D eigenvalue weighted by atomic mass is 35.5. The number of fused-ring (bicyclic) bond motifs is 1. The fourth-order valence-electron chi connectivity index (χ4n) is 2.41. The second kappa shape index (κ2) is 7.51. The Kier molecular flexibility index (Phi) is 5.18. The molecule has 0 spiro atoms. The minimum atomic E-state index is -0.576. The third-order valence-electron chi connectivity index (χ3n) is 3.61. The summed E-state index contributed by atoms with van der Waals surface area (Å²) in [6, 6.07) is 15.5. The number of aromatic amines is 1. The largest absolute Gasteiger partial charge is 0.389 e. The summed E-state index contributed by atoms with van der Waals surface area (Å²) < 4.78 is 5.54. The van der Waals surface area contributed by atoms with Gasteiger partial charge in [-0.1, -0.05) is 35.9 Å². The molecule has 0 amide bonds. The van der Waals surface area contributed by atoms with Gasteiger partial charge in [0.15, 0.2) is 0 Å². The van der Waals surface area contributed by atoms with Gasteiger partial charge in [0.25, 0.3) is 0 Å². The molecule has 0 aliphatic heterocycles. The number of rotatable bonds is 7. The predicted molar refractivity (Wildman–Crippen MR) is 93.9 cm³/mol. The molecule has 1 heterocycles. The highest BCUT2D eigenvalue weighted by molar-refractivity contribution is 6.30. The van der Waals surface area contributed by atoms with E-state index in [1.54, 1.807) is 0 Å². The summed E-state index contributed by atoms with van der Waals surface area (Å²) in [4.78, 5) is 3.19. The van der Waals surface area contributed by atoms with Crippen molar-refractivity contribution in [2.75, 3.05) is 18.5 Å². The Bertz CT molecular complexity index is 755. The molecule has 5 heteroatoms. The smallest absolute Gasteiger partial charge is 0.0945 e. The Labute approximate surface area is 140 Å². The number of aromatic nitrogens is 1.